The molecule has 0 unspecified atom stereocenters. The molecule has 8 heteroatoms. The highest BCUT2D eigenvalue weighted by Crippen LogP contribution is 2.11. The number of carbonyl (C=O) groups excluding carboxylic acids is 1. The van der Waals surface area contributed by atoms with Gasteiger partial charge in [-0.1, -0.05) is 6.42 Å². The Morgan fingerprint density at radius 3 is 2.65 bits per heavy atom. The van der Waals surface area contributed by atoms with Crippen molar-refractivity contribution in [1.82, 2.24) is 18.8 Å². The molecule has 112 valence electrons. The van der Waals surface area contributed by atoms with Crippen LogP contribution in [0.5, 0.6) is 0 Å². The van der Waals surface area contributed by atoms with Crippen LogP contribution < -0.4 is 4.72 Å². The van der Waals surface area contributed by atoms with Gasteiger partial charge in [0.15, 0.2) is 0 Å². The van der Waals surface area contributed by atoms with Crippen LogP contribution in [-0.2, 0) is 21.5 Å². The maximum atomic E-state index is 12.0. The van der Waals surface area contributed by atoms with Crippen molar-refractivity contribution in [2.45, 2.75) is 39.2 Å². The third-order valence-corrected chi connectivity index (χ3v) is 4.76. The van der Waals surface area contributed by atoms with Crippen molar-refractivity contribution >= 4 is 16.1 Å². The summed E-state index contributed by atoms with van der Waals surface area (Å²) in [5.74, 6) is -0.497. The van der Waals surface area contributed by atoms with Gasteiger partial charge in [0.05, 0.1) is 6.20 Å². The largest absolute Gasteiger partial charge is 0.303 e. The maximum absolute atomic E-state index is 12.0. The van der Waals surface area contributed by atoms with Gasteiger partial charge < -0.3 is 0 Å². The standard InChI is InChI=1S/C12H20N4O3S/c1-11-9-13-15(10-11)8-5-12(17)14-20(18,19)16-6-3-2-4-7-16/h9-10H,2-8H2,1H3,(H,14,17). The van der Waals surface area contributed by atoms with Crippen molar-refractivity contribution in [2.75, 3.05) is 13.1 Å². The van der Waals surface area contributed by atoms with Crippen LogP contribution in [0.25, 0.3) is 0 Å². The summed E-state index contributed by atoms with van der Waals surface area (Å²) >= 11 is 0. The van der Waals surface area contributed by atoms with Gasteiger partial charge in [-0.15, -0.1) is 0 Å². The fourth-order valence-corrected chi connectivity index (χ4v) is 3.43. The van der Waals surface area contributed by atoms with Crippen LogP contribution in [0.2, 0.25) is 0 Å². The monoisotopic (exact) mass is 300 g/mol. The Kier molecular flexibility index (Phi) is 4.77. The molecule has 1 aliphatic heterocycles. The van der Waals surface area contributed by atoms with E-state index in [1.165, 1.54) is 4.31 Å². The summed E-state index contributed by atoms with van der Waals surface area (Å²) in [6, 6.07) is 0. The number of hydrogen-bond donors (Lipinski definition) is 1. The fourth-order valence-electron chi connectivity index (χ4n) is 2.17. The Morgan fingerprint density at radius 2 is 2.05 bits per heavy atom. The zero-order chi connectivity index (χ0) is 14.6. The van der Waals surface area contributed by atoms with Crippen LogP contribution in [0.15, 0.2) is 12.4 Å². The summed E-state index contributed by atoms with van der Waals surface area (Å²) in [6.45, 7) is 3.25. The van der Waals surface area contributed by atoms with Gasteiger partial charge in [-0.05, 0) is 25.3 Å². The first-order valence-electron chi connectivity index (χ1n) is 6.77. The Balaban J connectivity index is 1.83. The van der Waals surface area contributed by atoms with Gasteiger partial charge in [-0.25, -0.2) is 4.72 Å². The van der Waals surface area contributed by atoms with E-state index in [0.29, 0.717) is 19.6 Å². The summed E-state index contributed by atoms with van der Waals surface area (Å²) < 4.78 is 29.1. The van der Waals surface area contributed by atoms with Crippen LogP contribution >= 0.6 is 0 Å². The van der Waals surface area contributed by atoms with E-state index >= 15 is 0 Å². The predicted molar refractivity (Wildman–Crippen MR) is 74.1 cm³/mol. The van der Waals surface area contributed by atoms with Crippen LogP contribution in [0, 0.1) is 6.92 Å². The molecule has 0 atom stereocenters. The number of piperidine rings is 1. The minimum Gasteiger partial charge on any atom is -0.274 e. The minimum atomic E-state index is -3.68. The number of hydrogen-bond acceptors (Lipinski definition) is 4. The zero-order valence-electron chi connectivity index (χ0n) is 11.6. The quantitative estimate of drug-likeness (QED) is 0.854. The lowest BCUT2D eigenvalue weighted by atomic mass is 10.2. The topological polar surface area (TPSA) is 84.3 Å². The average molecular weight is 300 g/mol. The van der Waals surface area contributed by atoms with Crippen molar-refractivity contribution in [2.24, 2.45) is 0 Å². The number of amides is 1. The van der Waals surface area contributed by atoms with Gasteiger partial charge in [0.25, 0.3) is 0 Å². The number of nitrogens with zero attached hydrogens (tertiary/aromatic N) is 3. The lowest BCUT2D eigenvalue weighted by Crippen LogP contribution is -2.45. The summed E-state index contributed by atoms with van der Waals surface area (Å²) in [5, 5.41) is 4.05. The van der Waals surface area contributed by atoms with E-state index in [1.807, 2.05) is 13.1 Å². The molecule has 0 radical (unpaired) electrons. The van der Waals surface area contributed by atoms with Gasteiger partial charge in [0.1, 0.15) is 0 Å². The van der Waals surface area contributed by atoms with Crippen molar-refractivity contribution in [3.63, 3.8) is 0 Å². The highest BCUT2D eigenvalue weighted by atomic mass is 32.2. The Hall–Kier alpha value is -1.41. The summed E-state index contributed by atoms with van der Waals surface area (Å²) in [7, 11) is -3.68. The molecule has 0 saturated carbocycles. The van der Waals surface area contributed by atoms with Crippen molar-refractivity contribution in [1.29, 1.82) is 0 Å². The highest BCUT2D eigenvalue weighted by molar-refractivity contribution is 7.87. The number of rotatable bonds is 5. The molecule has 1 fully saturated rings. The molecule has 2 rings (SSSR count). The normalized spacial score (nSPS) is 17.1. The second-order valence-electron chi connectivity index (χ2n) is 5.02. The molecule has 1 N–H and O–H groups in total. The first kappa shape index (κ1) is 15.0. The molecule has 1 amide bonds. The molecule has 1 saturated heterocycles. The molecular formula is C12H20N4O3S. The summed E-state index contributed by atoms with van der Waals surface area (Å²) in [5.41, 5.74) is 1.01. The second-order valence-corrected chi connectivity index (χ2v) is 6.69. The second kappa shape index (κ2) is 6.36. The predicted octanol–water partition coefficient (Wildman–Crippen LogP) is 0.429. The Bertz CT molecular complexity index is 561. The first-order chi connectivity index (χ1) is 9.47. The van der Waals surface area contributed by atoms with Crippen LogP contribution in [-0.4, -0.2) is 41.5 Å². The first-order valence-corrected chi connectivity index (χ1v) is 8.21. The van der Waals surface area contributed by atoms with Crippen LogP contribution in [0.3, 0.4) is 0 Å². The lowest BCUT2D eigenvalue weighted by Gasteiger charge is -2.25. The molecule has 0 bridgehead atoms. The molecule has 7 nitrogen and oxygen atoms in total. The van der Waals surface area contributed by atoms with Crippen molar-refractivity contribution in [3.8, 4) is 0 Å². The molecule has 0 aromatic carbocycles. The molecule has 2 heterocycles. The van der Waals surface area contributed by atoms with E-state index in [4.69, 9.17) is 0 Å². The van der Waals surface area contributed by atoms with Gasteiger partial charge in [-0.3, -0.25) is 9.48 Å². The third kappa shape index (κ3) is 4.04. The van der Waals surface area contributed by atoms with E-state index in [2.05, 4.69) is 9.82 Å². The summed E-state index contributed by atoms with van der Waals surface area (Å²) in [4.78, 5) is 11.7. The maximum Gasteiger partial charge on any atom is 0.303 e. The van der Waals surface area contributed by atoms with E-state index < -0.39 is 16.1 Å². The smallest absolute Gasteiger partial charge is 0.274 e. The SMILES string of the molecule is Cc1cnn(CCC(=O)NS(=O)(=O)N2CCCCC2)c1. The molecule has 1 aromatic rings. The number of aryl methyl sites for hydroxylation is 2. The van der Waals surface area contributed by atoms with Gasteiger partial charge in [0, 0.05) is 32.3 Å². The average Bonchev–Trinajstić information content (AvgIpc) is 2.83. The van der Waals surface area contributed by atoms with Gasteiger partial charge in [-0.2, -0.15) is 17.8 Å². The molecule has 20 heavy (non-hydrogen) atoms. The summed E-state index contributed by atoms with van der Waals surface area (Å²) in [6.07, 6.45) is 6.34. The molecule has 0 spiro atoms. The van der Waals surface area contributed by atoms with Crippen molar-refractivity contribution < 1.29 is 13.2 Å². The van der Waals surface area contributed by atoms with Crippen molar-refractivity contribution in [3.05, 3.63) is 18.0 Å². The molecule has 0 aliphatic carbocycles. The Morgan fingerprint density at radius 1 is 1.35 bits per heavy atom. The highest BCUT2D eigenvalue weighted by Gasteiger charge is 2.25. The third-order valence-electron chi connectivity index (χ3n) is 3.23. The molecule has 1 aliphatic rings. The van der Waals surface area contributed by atoms with Gasteiger partial charge in [0.2, 0.25) is 5.91 Å². The van der Waals surface area contributed by atoms with Crippen LogP contribution in [0.1, 0.15) is 31.2 Å². The van der Waals surface area contributed by atoms with E-state index in [-0.39, 0.29) is 6.42 Å². The number of aromatic nitrogens is 2. The molecular weight excluding hydrogens is 280 g/mol. The molecule has 1 aromatic heterocycles. The van der Waals surface area contributed by atoms with Gasteiger partial charge >= 0.3 is 10.2 Å². The van der Waals surface area contributed by atoms with E-state index in [0.717, 1.165) is 24.8 Å². The van der Waals surface area contributed by atoms with E-state index in [1.54, 1.807) is 10.9 Å². The fraction of sp³-hybridized carbons (Fsp3) is 0.667. The van der Waals surface area contributed by atoms with E-state index in [9.17, 15) is 13.2 Å². The lowest BCUT2D eigenvalue weighted by molar-refractivity contribution is -0.119. The zero-order valence-corrected chi connectivity index (χ0v) is 12.4. The minimum absolute atomic E-state index is 0.0915. The number of nitrogens with one attached hydrogen (secondary N) is 1. The van der Waals surface area contributed by atoms with Crippen LogP contribution in [0.4, 0.5) is 0 Å². The Labute approximate surface area is 119 Å². The number of carbonyl (C=O) groups is 1.